The van der Waals surface area contributed by atoms with Crippen LogP contribution in [0.1, 0.15) is 39.0 Å². The number of piperidine rings is 1. The number of rotatable bonds is 6. The first-order chi connectivity index (χ1) is 10.9. The van der Waals surface area contributed by atoms with E-state index in [1.165, 1.54) is 45.2 Å². The van der Waals surface area contributed by atoms with Gasteiger partial charge in [0.25, 0.3) is 0 Å². The lowest BCUT2D eigenvalue weighted by Crippen LogP contribution is -2.44. The van der Waals surface area contributed by atoms with Crippen LogP contribution in [-0.4, -0.2) is 40.5 Å². The summed E-state index contributed by atoms with van der Waals surface area (Å²) in [5, 5.41) is 4.68. The largest absolute Gasteiger partial charge is 0.368 e. The lowest BCUT2D eigenvalue weighted by Gasteiger charge is -2.36. The zero-order chi connectivity index (χ0) is 15.2. The van der Waals surface area contributed by atoms with E-state index < -0.39 is 0 Å². The van der Waals surface area contributed by atoms with Crippen LogP contribution < -0.4 is 5.32 Å². The van der Waals surface area contributed by atoms with Crippen molar-refractivity contribution < 1.29 is 0 Å². The number of unbranched alkanes of at least 4 members (excludes halogenated alkanes) is 1. The second-order valence-corrected chi connectivity index (χ2v) is 6.16. The maximum atomic E-state index is 4.44. The van der Waals surface area contributed by atoms with Gasteiger partial charge in [-0.15, -0.1) is 0 Å². The van der Waals surface area contributed by atoms with Crippen LogP contribution in [0.25, 0.3) is 10.9 Å². The molecule has 0 saturated carbocycles. The molecular weight excluding hydrogens is 272 g/mol. The van der Waals surface area contributed by atoms with Crippen molar-refractivity contribution in [2.45, 2.75) is 45.1 Å². The SMILES string of the molecule is CCCCN1CCCCC1CNc1ncnc2ccccc12. The Bertz CT molecular complexity index is 593. The van der Waals surface area contributed by atoms with Gasteiger partial charge in [0, 0.05) is 18.0 Å². The maximum absolute atomic E-state index is 4.44. The van der Waals surface area contributed by atoms with Crippen LogP contribution in [-0.2, 0) is 0 Å². The number of anilines is 1. The summed E-state index contributed by atoms with van der Waals surface area (Å²) >= 11 is 0. The molecule has 1 aliphatic heterocycles. The van der Waals surface area contributed by atoms with E-state index in [0.29, 0.717) is 6.04 Å². The van der Waals surface area contributed by atoms with Crippen LogP contribution in [0.3, 0.4) is 0 Å². The summed E-state index contributed by atoms with van der Waals surface area (Å²) in [7, 11) is 0. The van der Waals surface area contributed by atoms with Crippen LogP contribution >= 0.6 is 0 Å². The number of hydrogen-bond acceptors (Lipinski definition) is 4. The standard InChI is InChI=1S/C18H26N4/c1-2-3-11-22-12-7-6-8-15(22)13-19-18-16-9-4-5-10-17(16)20-14-21-18/h4-5,9-10,14-15H,2-3,6-8,11-13H2,1H3,(H,19,20,21). The third-order valence-electron chi connectivity index (χ3n) is 4.60. The van der Waals surface area contributed by atoms with Gasteiger partial charge < -0.3 is 5.32 Å². The number of para-hydroxylation sites is 1. The van der Waals surface area contributed by atoms with Gasteiger partial charge in [-0.3, -0.25) is 4.90 Å². The zero-order valence-corrected chi connectivity index (χ0v) is 13.5. The number of hydrogen-bond donors (Lipinski definition) is 1. The highest BCUT2D eigenvalue weighted by atomic mass is 15.2. The molecule has 1 N–H and O–H groups in total. The smallest absolute Gasteiger partial charge is 0.137 e. The fraction of sp³-hybridized carbons (Fsp3) is 0.556. The van der Waals surface area contributed by atoms with Crippen molar-refractivity contribution in [1.82, 2.24) is 14.9 Å². The van der Waals surface area contributed by atoms with Crippen LogP contribution in [0.4, 0.5) is 5.82 Å². The van der Waals surface area contributed by atoms with Gasteiger partial charge in [-0.2, -0.15) is 0 Å². The molecule has 1 aliphatic rings. The Morgan fingerprint density at radius 2 is 2.14 bits per heavy atom. The summed E-state index contributed by atoms with van der Waals surface area (Å²) in [6, 6.07) is 8.83. The number of likely N-dealkylation sites (tertiary alicyclic amines) is 1. The van der Waals surface area contributed by atoms with Gasteiger partial charge in [0.1, 0.15) is 12.1 Å². The molecule has 0 spiro atoms. The minimum atomic E-state index is 0.633. The van der Waals surface area contributed by atoms with E-state index in [4.69, 9.17) is 0 Å². The Balaban J connectivity index is 1.67. The van der Waals surface area contributed by atoms with E-state index in [1.54, 1.807) is 6.33 Å². The fourth-order valence-electron chi connectivity index (χ4n) is 3.31. The first-order valence-electron chi connectivity index (χ1n) is 8.56. The zero-order valence-electron chi connectivity index (χ0n) is 13.5. The van der Waals surface area contributed by atoms with Crippen LogP contribution in [0, 0.1) is 0 Å². The number of benzene rings is 1. The summed E-state index contributed by atoms with van der Waals surface area (Å²) in [6.07, 6.45) is 8.20. The van der Waals surface area contributed by atoms with Crippen molar-refractivity contribution in [3.63, 3.8) is 0 Å². The average molecular weight is 298 g/mol. The molecule has 1 aromatic carbocycles. The van der Waals surface area contributed by atoms with Gasteiger partial charge in [-0.25, -0.2) is 9.97 Å². The molecule has 0 bridgehead atoms. The first kappa shape index (κ1) is 15.2. The molecule has 1 unspecified atom stereocenters. The van der Waals surface area contributed by atoms with E-state index in [0.717, 1.165) is 23.3 Å². The van der Waals surface area contributed by atoms with E-state index >= 15 is 0 Å². The van der Waals surface area contributed by atoms with Crippen molar-refractivity contribution >= 4 is 16.7 Å². The highest BCUT2D eigenvalue weighted by Crippen LogP contribution is 2.21. The molecule has 4 heteroatoms. The Morgan fingerprint density at radius 1 is 1.23 bits per heavy atom. The van der Waals surface area contributed by atoms with Crippen molar-refractivity contribution in [2.24, 2.45) is 0 Å². The van der Waals surface area contributed by atoms with Crippen molar-refractivity contribution in [1.29, 1.82) is 0 Å². The normalized spacial score (nSPS) is 19.4. The third-order valence-corrected chi connectivity index (χ3v) is 4.60. The van der Waals surface area contributed by atoms with Crippen LogP contribution in [0.2, 0.25) is 0 Å². The molecule has 4 nitrogen and oxygen atoms in total. The molecule has 1 saturated heterocycles. The monoisotopic (exact) mass is 298 g/mol. The molecule has 118 valence electrons. The van der Waals surface area contributed by atoms with E-state index in [1.807, 2.05) is 18.2 Å². The predicted octanol–water partition coefficient (Wildman–Crippen LogP) is 3.70. The molecular formula is C18H26N4. The molecule has 2 heterocycles. The molecule has 1 atom stereocenters. The fourth-order valence-corrected chi connectivity index (χ4v) is 3.31. The quantitative estimate of drug-likeness (QED) is 0.883. The van der Waals surface area contributed by atoms with E-state index in [2.05, 4.69) is 33.2 Å². The molecule has 3 rings (SSSR count). The number of nitrogens with one attached hydrogen (secondary N) is 1. The molecule has 2 aromatic rings. The molecule has 1 aromatic heterocycles. The van der Waals surface area contributed by atoms with Crippen molar-refractivity contribution in [3.8, 4) is 0 Å². The molecule has 0 radical (unpaired) electrons. The van der Waals surface area contributed by atoms with Crippen molar-refractivity contribution in [3.05, 3.63) is 30.6 Å². The van der Waals surface area contributed by atoms with Gasteiger partial charge in [-0.05, 0) is 44.5 Å². The molecule has 0 aliphatic carbocycles. The first-order valence-corrected chi connectivity index (χ1v) is 8.56. The highest BCUT2D eigenvalue weighted by molar-refractivity contribution is 5.88. The maximum Gasteiger partial charge on any atom is 0.137 e. The number of aromatic nitrogens is 2. The number of nitrogens with zero attached hydrogens (tertiary/aromatic N) is 3. The Hall–Kier alpha value is -1.68. The molecule has 0 amide bonds. The Morgan fingerprint density at radius 3 is 3.05 bits per heavy atom. The average Bonchev–Trinajstić information content (AvgIpc) is 2.59. The van der Waals surface area contributed by atoms with Gasteiger partial charge in [-0.1, -0.05) is 31.9 Å². The summed E-state index contributed by atoms with van der Waals surface area (Å²) in [6.45, 7) is 5.72. The van der Waals surface area contributed by atoms with Gasteiger partial charge >= 0.3 is 0 Å². The minimum absolute atomic E-state index is 0.633. The van der Waals surface area contributed by atoms with E-state index in [9.17, 15) is 0 Å². The molecule has 22 heavy (non-hydrogen) atoms. The Labute approximate surface area is 133 Å². The van der Waals surface area contributed by atoms with Gasteiger partial charge in [0.2, 0.25) is 0 Å². The summed E-state index contributed by atoms with van der Waals surface area (Å²) in [5.74, 6) is 0.964. The van der Waals surface area contributed by atoms with E-state index in [-0.39, 0.29) is 0 Å². The summed E-state index contributed by atoms with van der Waals surface area (Å²) in [5.41, 5.74) is 1.01. The van der Waals surface area contributed by atoms with Crippen LogP contribution in [0.5, 0.6) is 0 Å². The van der Waals surface area contributed by atoms with Gasteiger partial charge in [0.15, 0.2) is 0 Å². The second-order valence-electron chi connectivity index (χ2n) is 6.16. The van der Waals surface area contributed by atoms with Gasteiger partial charge in [0.05, 0.1) is 5.52 Å². The number of fused-ring (bicyclic) bond motifs is 1. The summed E-state index contributed by atoms with van der Waals surface area (Å²) < 4.78 is 0. The molecule has 1 fully saturated rings. The lowest BCUT2D eigenvalue weighted by molar-refractivity contribution is 0.154. The lowest BCUT2D eigenvalue weighted by atomic mass is 10.0. The Kier molecular flexibility index (Phi) is 5.22. The topological polar surface area (TPSA) is 41.0 Å². The predicted molar refractivity (Wildman–Crippen MR) is 92.1 cm³/mol. The minimum Gasteiger partial charge on any atom is -0.368 e. The summed E-state index contributed by atoms with van der Waals surface area (Å²) in [4.78, 5) is 11.4. The highest BCUT2D eigenvalue weighted by Gasteiger charge is 2.21. The van der Waals surface area contributed by atoms with Crippen molar-refractivity contribution in [2.75, 3.05) is 25.0 Å². The third kappa shape index (κ3) is 3.55. The second kappa shape index (κ2) is 7.54. The van der Waals surface area contributed by atoms with Crippen LogP contribution in [0.15, 0.2) is 30.6 Å².